The molecule has 0 aliphatic carbocycles. The van der Waals surface area contributed by atoms with E-state index in [2.05, 4.69) is 9.97 Å². The first-order valence-electron chi connectivity index (χ1n) is 4.85. The third-order valence-electron chi connectivity index (χ3n) is 2.39. The third kappa shape index (κ3) is 2.76. The average Bonchev–Trinajstić information content (AvgIpc) is 2.29. The highest BCUT2D eigenvalue weighted by Crippen LogP contribution is 2.27. The highest BCUT2D eigenvalue weighted by atomic mass is 35.5. The molecule has 1 aromatic rings. The Labute approximate surface area is 105 Å². The van der Waals surface area contributed by atoms with Crippen molar-refractivity contribution in [1.82, 2.24) is 9.97 Å². The molecule has 0 radical (unpaired) electrons. The number of rotatable bonds is 2. The van der Waals surface area contributed by atoms with Crippen LogP contribution in [0, 0.1) is 10.1 Å². The number of hydrogen-bond acceptors (Lipinski definition) is 6. The van der Waals surface area contributed by atoms with Crippen LogP contribution >= 0.6 is 11.6 Å². The number of nitro groups is 1. The fourth-order valence-electron chi connectivity index (χ4n) is 1.56. The molecule has 1 aliphatic rings. The lowest BCUT2D eigenvalue weighted by Gasteiger charge is -2.28. The molecule has 17 heavy (non-hydrogen) atoms. The molecule has 9 heteroatoms. The highest BCUT2D eigenvalue weighted by molar-refractivity contribution is 7.91. The van der Waals surface area contributed by atoms with E-state index in [4.69, 9.17) is 11.6 Å². The summed E-state index contributed by atoms with van der Waals surface area (Å²) in [6.45, 7) is 0.946. The minimum absolute atomic E-state index is 0.0303. The molecule has 0 saturated carbocycles. The van der Waals surface area contributed by atoms with E-state index in [1.165, 1.54) is 0 Å². The lowest BCUT2D eigenvalue weighted by atomic mass is 10.4. The Morgan fingerprint density at radius 2 is 2.12 bits per heavy atom. The monoisotopic (exact) mass is 276 g/mol. The SMILES string of the molecule is O=[N+]([O-])c1cnc(Cl)nc1N1CC[S+]([O-])CC1. The van der Waals surface area contributed by atoms with Gasteiger partial charge in [-0.2, -0.15) is 4.98 Å². The van der Waals surface area contributed by atoms with Crippen molar-refractivity contribution in [2.24, 2.45) is 0 Å². The maximum Gasteiger partial charge on any atom is 0.329 e. The predicted molar refractivity (Wildman–Crippen MR) is 63.8 cm³/mol. The summed E-state index contributed by atoms with van der Waals surface area (Å²) in [6.07, 6.45) is 1.09. The maximum absolute atomic E-state index is 11.2. The molecule has 0 amide bonds. The van der Waals surface area contributed by atoms with Crippen molar-refractivity contribution in [3.63, 3.8) is 0 Å². The van der Waals surface area contributed by atoms with Gasteiger partial charge in [0.05, 0.1) is 18.0 Å². The van der Waals surface area contributed by atoms with Crippen molar-refractivity contribution in [3.8, 4) is 0 Å². The summed E-state index contributed by atoms with van der Waals surface area (Å²) >= 11 is 4.79. The Morgan fingerprint density at radius 1 is 1.47 bits per heavy atom. The summed E-state index contributed by atoms with van der Waals surface area (Å²) < 4.78 is 11.2. The van der Waals surface area contributed by atoms with E-state index < -0.39 is 16.1 Å². The van der Waals surface area contributed by atoms with Gasteiger partial charge in [-0.25, -0.2) is 4.98 Å². The fourth-order valence-corrected chi connectivity index (χ4v) is 2.74. The van der Waals surface area contributed by atoms with Crippen molar-refractivity contribution < 1.29 is 9.48 Å². The fraction of sp³-hybridized carbons (Fsp3) is 0.500. The Morgan fingerprint density at radius 3 is 2.71 bits per heavy atom. The van der Waals surface area contributed by atoms with Gasteiger partial charge < -0.3 is 9.45 Å². The third-order valence-corrected chi connectivity index (χ3v) is 3.85. The number of halogens is 1. The largest absolute Gasteiger partial charge is 0.616 e. The molecule has 0 bridgehead atoms. The van der Waals surface area contributed by atoms with E-state index in [0.717, 1.165) is 6.20 Å². The molecule has 2 rings (SSSR count). The van der Waals surface area contributed by atoms with E-state index in [0.29, 0.717) is 24.6 Å². The van der Waals surface area contributed by atoms with Crippen molar-refractivity contribution in [1.29, 1.82) is 0 Å². The molecular formula is C8H9ClN4O3S. The minimum atomic E-state index is -0.845. The van der Waals surface area contributed by atoms with Gasteiger partial charge in [-0.3, -0.25) is 10.1 Å². The first-order chi connectivity index (χ1) is 8.08. The first-order valence-corrected chi connectivity index (χ1v) is 6.71. The van der Waals surface area contributed by atoms with Crippen molar-refractivity contribution in [2.75, 3.05) is 29.5 Å². The zero-order chi connectivity index (χ0) is 12.4. The average molecular weight is 277 g/mol. The summed E-state index contributed by atoms with van der Waals surface area (Å²) in [7, 11) is 0. The quantitative estimate of drug-likeness (QED) is 0.340. The van der Waals surface area contributed by atoms with Gasteiger partial charge in [-0.1, -0.05) is 11.2 Å². The number of anilines is 1. The van der Waals surface area contributed by atoms with Crippen LogP contribution in [-0.2, 0) is 11.2 Å². The Kier molecular flexibility index (Phi) is 3.65. The summed E-state index contributed by atoms with van der Waals surface area (Å²) in [5.74, 6) is 1.17. The van der Waals surface area contributed by atoms with Gasteiger partial charge in [0.2, 0.25) is 11.1 Å². The second kappa shape index (κ2) is 5.03. The predicted octanol–water partition coefficient (Wildman–Crippen LogP) is 0.607. The molecule has 0 unspecified atom stereocenters. The van der Waals surface area contributed by atoms with Gasteiger partial charge in [0, 0.05) is 0 Å². The number of nitrogens with zero attached hydrogens (tertiary/aromatic N) is 4. The van der Waals surface area contributed by atoms with Crippen LogP contribution in [0.3, 0.4) is 0 Å². The molecule has 92 valence electrons. The number of hydrogen-bond donors (Lipinski definition) is 0. The van der Waals surface area contributed by atoms with E-state index in [1.54, 1.807) is 4.90 Å². The van der Waals surface area contributed by atoms with Crippen LogP contribution in [0.25, 0.3) is 0 Å². The lowest BCUT2D eigenvalue weighted by molar-refractivity contribution is -0.384. The second-order valence-corrected chi connectivity index (χ2v) is 5.47. The van der Waals surface area contributed by atoms with Crippen LogP contribution in [0.5, 0.6) is 0 Å². The summed E-state index contributed by atoms with van der Waals surface area (Å²) in [4.78, 5) is 19.5. The zero-order valence-electron chi connectivity index (χ0n) is 8.71. The molecule has 7 nitrogen and oxygen atoms in total. The maximum atomic E-state index is 11.2. The normalized spacial score (nSPS) is 17.2. The van der Waals surface area contributed by atoms with Gasteiger partial charge in [0.25, 0.3) is 0 Å². The van der Waals surface area contributed by atoms with Crippen molar-refractivity contribution in [3.05, 3.63) is 21.6 Å². The minimum Gasteiger partial charge on any atom is -0.616 e. The Bertz CT molecular complexity index is 439. The van der Waals surface area contributed by atoms with Crippen LogP contribution in [-0.4, -0.2) is 44.0 Å². The molecule has 0 aromatic carbocycles. The molecule has 0 N–H and O–H groups in total. The first kappa shape index (κ1) is 12.3. The van der Waals surface area contributed by atoms with Gasteiger partial charge in [0.1, 0.15) is 17.7 Å². The Hall–Kier alpha value is -1.12. The molecular weight excluding hydrogens is 268 g/mol. The van der Waals surface area contributed by atoms with Gasteiger partial charge >= 0.3 is 5.69 Å². The second-order valence-electron chi connectivity index (χ2n) is 3.44. The molecule has 1 aliphatic heterocycles. The van der Waals surface area contributed by atoms with E-state index >= 15 is 0 Å². The van der Waals surface area contributed by atoms with Crippen LogP contribution in [0.1, 0.15) is 0 Å². The molecule has 1 aromatic heterocycles. The van der Waals surface area contributed by atoms with Crippen molar-refractivity contribution in [2.45, 2.75) is 0 Å². The molecule has 1 saturated heterocycles. The molecule has 1 fully saturated rings. The topological polar surface area (TPSA) is 95.2 Å². The van der Waals surface area contributed by atoms with Gasteiger partial charge in [-0.05, 0) is 11.6 Å². The van der Waals surface area contributed by atoms with E-state index in [-0.39, 0.29) is 16.8 Å². The molecule has 2 heterocycles. The summed E-state index contributed by atoms with van der Waals surface area (Å²) in [5.41, 5.74) is -0.179. The smallest absolute Gasteiger partial charge is 0.329 e. The molecule has 0 spiro atoms. The van der Waals surface area contributed by atoms with Gasteiger partial charge in [0.15, 0.2) is 0 Å². The number of aromatic nitrogens is 2. The van der Waals surface area contributed by atoms with Crippen LogP contribution < -0.4 is 4.90 Å². The van der Waals surface area contributed by atoms with Crippen molar-refractivity contribution >= 4 is 34.3 Å². The standard InChI is InChI=1S/C8H9ClN4O3S/c9-8-10-5-6(13(14)15)7(11-8)12-1-3-17(16)4-2-12/h5H,1-4H2. The summed E-state index contributed by atoms with van der Waals surface area (Å²) in [6, 6.07) is 0. The highest BCUT2D eigenvalue weighted by Gasteiger charge is 2.27. The van der Waals surface area contributed by atoms with E-state index in [1.807, 2.05) is 0 Å². The van der Waals surface area contributed by atoms with Gasteiger partial charge in [-0.15, -0.1) is 0 Å². The van der Waals surface area contributed by atoms with Crippen LogP contribution in [0.4, 0.5) is 11.5 Å². The zero-order valence-corrected chi connectivity index (χ0v) is 10.3. The summed E-state index contributed by atoms with van der Waals surface area (Å²) in [5, 5.41) is 10.8. The van der Waals surface area contributed by atoms with Crippen LogP contribution in [0.15, 0.2) is 6.20 Å². The lowest BCUT2D eigenvalue weighted by Crippen LogP contribution is -2.41. The van der Waals surface area contributed by atoms with Crippen LogP contribution in [0.2, 0.25) is 5.28 Å². The van der Waals surface area contributed by atoms with E-state index in [9.17, 15) is 14.7 Å². The molecule has 0 atom stereocenters. The Balaban J connectivity index is 2.30.